The van der Waals surface area contributed by atoms with Gasteiger partial charge in [-0.15, -0.1) is 0 Å². The maximum atomic E-state index is 5.83. The molecule has 3 heteroatoms. The third-order valence-corrected chi connectivity index (χ3v) is 3.94. The average Bonchev–Trinajstić information content (AvgIpc) is 2.69. The van der Waals surface area contributed by atoms with Crippen LogP contribution in [0.4, 0.5) is 0 Å². The van der Waals surface area contributed by atoms with E-state index in [0.717, 1.165) is 18.8 Å². The molecule has 1 heterocycles. The third kappa shape index (κ3) is 5.23. The van der Waals surface area contributed by atoms with Crippen molar-refractivity contribution in [2.24, 2.45) is 5.73 Å². The van der Waals surface area contributed by atoms with Gasteiger partial charge in [-0.2, -0.15) is 11.8 Å². The van der Waals surface area contributed by atoms with Crippen LogP contribution in [0.1, 0.15) is 39.0 Å². The fraction of sp³-hybridized carbons (Fsp3) is 1.00. The van der Waals surface area contributed by atoms with E-state index in [1.165, 1.54) is 31.4 Å². The molecule has 2 unspecified atom stereocenters. The van der Waals surface area contributed by atoms with Crippen molar-refractivity contribution < 1.29 is 4.74 Å². The Bertz CT molecular complexity index is 137. The van der Waals surface area contributed by atoms with Gasteiger partial charge in [0.1, 0.15) is 0 Å². The highest BCUT2D eigenvalue weighted by atomic mass is 32.2. The van der Waals surface area contributed by atoms with Crippen molar-refractivity contribution in [2.45, 2.75) is 51.2 Å². The van der Waals surface area contributed by atoms with Crippen molar-refractivity contribution in [1.82, 2.24) is 0 Å². The number of hydrogen-bond acceptors (Lipinski definition) is 3. The van der Waals surface area contributed by atoms with E-state index in [0.29, 0.717) is 12.1 Å². The molecule has 84 valence electrons. The number of hydrogen-bond donors (Lipinski definition) is 1. The Morgan fingerprint density at radius 1 is 1.57 bits per heavy atom. The van der Waals surface area contributed by atoms with Crippen LogP contribution in [-0.4, -0.2) is 30.3 Å². The molecule has 1 aliphatic heterocycles. The average molecular weight is 217 g/mol. The molecule has 0 bridgehead atoms. The summed E-state index contributed by atoms with van der Waals surface area (Å²) in [6.45, 7) is 3.14. The highest BCUT2D eigenvalue weighted by Crippen LogP contribution is 2.18. The van der Waals surface area contributed by atoms with Crippen molar-refractivity contribution in [3.05, 3.63) is 0 Å². The van der Waals surface area contributed by atoms with E-state index < -0.39 is 0 Å². The van der Waals surface area contributed by atoms with Gasteiger partial charge in [-0.05, 0) is 37.9 Å². The lowest BCUT2D eigenvalue weighted by atomic mass is 10.1. The van der Waals surface area contributed by atoms with Gasteiger partial charge in [0.15, 0.2) is 0 Å². The largest absolute Gasteiger partial charge is 0.378 e. The van der Waals surface area contributed by atoms with E-state index in [-0.39, 0.29) is 0 Å². The van der Waals surface area contributed by atoms with Crippen LogP contribution in [-0.2, 0) is 4.74 Å². The Morgan fingerprint density at radius 2 is 2.43 bits per heavy atom. The van der Waals surface area contributed by atoms with Crippen LogP contribution in [0.25, 0.3) is 0 Å². The monoisotopic (exact) mass is 217 g/mol. The molecule has 0 amide bonds. The van der Waals surface area contributed by atoms with Crippen LogP contribution in [0, 0.1) is 0 Å². The first kappa shape index (κ1) is 12.3. The van der Waals surface area contributed by atoms with Crippen LogP contribution in [0.2, 0.25) is 0 Å². The zero-order valence-electron chi connectivity index (χ0n) is 9.21. The maximum Gasteiger partial charge on any atom is 0.0576 e. The molecule has 2 nitrogen and oxygen atoms in total. The second-order valence-electron chi connectivity index (χ2n) is 4.02. The molecule has 2 atom stereocenters. The van der Waals surface area contributed by atoms with Gasteiger partial charge in [0.05, 0.1) is 6.10 Å². The Balaban J connectivity index is 1.84. The summed E-state index contributed by atoms with van der Waals surface area (Å²) < 4.78 is 5.57. The highest BCUT2D eigenvalue weighted by molar-refractivity contribution is 7.99. The highest BCUT2D eigenvalue weighted by Gasteiger charge is 2.14. The van der Waals surface area contributed by atoms with E-state index in [2.05, 4.69) is 6.92 Å². The van der Waals surface area contributed by atoms with Crippen LogP contribution < -0.4 is 5.73 Å². The first-order valence-electron chi connectivity index (χ1n) is 5.78. The van der Waals surface area contributed by atoms with Gasteiger partial charge in [-0.3, -0.25) is 0 Å². The van der Waals surface area contributed by atoms with Crippen molar-refractivity contribution >= 4 is 11.8 Å². The standard InChI is InChI=1S/C11H23NOS/c1-2-10(12)9-14-8-4-6-11-5-3-7-13-11/h10-11H,2-9,12H2,1H3. The molecule has 1 saturated heterocycles. The van der Waals surface area contributed by atoms with E-state index in [9.17, 15) is 0 Å². The lowest BCUT2D eigenvalue weighted by Gasteiger charge is -2.10. The van der Waals surface area contributed by atoms with Gasteiger partial charge in [-0.1, -0.05) is 6.92 Å². The summed E-state index contributed by atoms with van der Waals surface area (Å²) in [4.78, 5) is 0. The Hall–Kier alpha value is 0.270. The maximum absolute atomic E-state index is 5.83. The summed E-state index contributed by atoms with van der Waals surface area (Å²) in [7, 11) is 0. The summed E-state index contributed by atoms with van der Waals surface area (Å²) in [5.41, 5.74) is 5.83. The quantitative estimate of drug-likeness (QED) is 0.665. The molecule has 14 heavy (non-hydrogen) atoms. The molecule has 0 spiro atoms. The number of ether oxygens (including phenoxy) is 1. The first-order valence-corrected chi connectivity index (χ1v) is 6.93. The molecule has 1 rings (SSSR count). The fourth-order valence-corrected chi connectivity index (χ4v) is 2.71. The SMILES string of the molecule is CCC(N)CSCCCC1CCCO1. The lowest BCUT2D eigenvalue weighted by molar-refractivity contribution is 0.104. The Morgan fingerprint density at radius 3 is 3.07 bits per heavy atom. The van der Waals surface area contributed by atoms with Crippen molar-refractivity contribution in [1.29, 1.82) is 0 Å². The van der Waals surface area contributed by atoms with Crippen LogP contribution >= 0.6 is 11.8 Å². The number of thioether (sulfide) groups is 1. The molecule has 0 aromatic heterocycles. The molecule has 2 N–H and O–H groups in total. The molecule has 0 radical (unpaired) electrons. The molecule has 1 fully saturated rings. The summed E-state index contributed by atoms with van der Waals surface area (Å²) in [6.07, 6.45) is 6.73. The van der Waals surface area contributed by atoms with Crippen molar-refractivity contribution in [3.8, 4) is 0 Å². The Kier molecular flexibility index (Phi) is 6.65. The van der Waals surface area contributed by atoms with E-state index >= 15 is 0 Å². The smallest absolute Gasteiger partial charge is 0.0576 e. The summed E-state index contributed by atoms with van der Waals surface area (Å²) in [5.74, 6) is 2.36. The van der Waals surface area contributed by atoms with Gasteiger partial charge in [0.25, 0.3) is 0 Å². The summed E-state index contributed by atoms with van der Waals surface area (Å²) in [5, 5.41) is 0. The van der Waals surface area contributed by atoms with Crippen LogP contribution in [0.3, 0.4) is 0 Å². The van der Waals surface area contributed by atoms with E-state index in [4.69, 9.17) is 10.5 Å². The van der Waals surface area contributed by atoms with E-state index in [1.54, 1.807) is 0 Å². The first-order chi connectivity index (χ1) is 6.83. The minimum atomic E-state index is 0.391. The topological polar surface area (TPSA) is 35.2 Å². The molecule has 0 aromatic carbocycles. The second kappa shape index (κ2) is 7.55. The minimum absolute atomic E-state index is 0.391. The van der Waals surface area contributed by atoms with Gasteiger partial charge < -0.3 is 10.5 Å². The van der Waals surface area contributed by atoms with Crippen molar-refractivity contribution in [2.75, 3.05) is 18.1 Å². The number of rotatable bonds is 7. The molecule has 1 aliphatic rings. The summed E-state index contributed by atoms with van der Waals surface area (Å²) >= 11 is 1.99. The van der Waals surface area contributed by atoms with Gasteiger partial charge in [0, 0.05) is 18.4 Å². The predicted molar refractivity (Wildman–Crippen MR) is 63.8 cm³/mol. The van der Waals surface area contributed by atoms with Crippen LogP contribution in [0.5, 0.6) is 0 Å². The minimum Gasteiger partial charge on any atom is -0.378 e. The van der Waals surface area contributed by atoms with Gasteiger partial charge in [-0.25, -0.2) is 0 Å². The third-order valence-electron chi connectivity index (χ3n) is 2.70. The molecule has 0 aliphatic carbocycles. The lowest BCUT2D eigenvalue weighted by Crippen LogP contribution is -2.21. The fourth-order valence-electron chi connectivity index (χ4n) is 1.64. The molecular formula is C11H23NOS. The number of nitrogens with two attached hydrogens (primary N) is 1. The van der Waals surface area contributed by atoms with Gasteiger partial charge >= 0.3 is 0 Å². The molecule has 0 aromatic rings. The Labute approximate surface area is 92.0 Å². The molecule has 0 saturated carbocycles. The van der Waals surface area contributed by atoms with Gasteiger partial charge in [0.2, 0.25) is 0 Å². The summed E-state index contributed by atoms with van der Waals surface area (Å²) in [6, 6.07) is 0.391. The van der Waals surface area contributed by atoms with Crippen molar-refractivity contribution in [3.63, 3.8) is 0 Å². The molecular weight excluding hydrogens is 194 g/mol. The predicted octanol–water partition coefficient (Wildman–Crippen LogP) is 2.42. The van der Waals surface area contributed by atoms with E-state index in [1.807, 2.05) is 11.8 Å². The normalized spacial score (nSPS) is 24.0. The second-order valence-corrected chi connectivity index (χ2v) is 5.17. The van der Waals surface area contributed by atoms with Crippen LogP contribution in [0.15, 0.2) is 0 Å². The zero-order chi connectivity index (χ0) is 10.2. The zero-order valence-corrected chi connectivity index (χ0v) is 10.0.